The Morgan fingerprint density at radius 3 is 2.33 bits per heavy atom. The highest BCUT2D eigenvalue weighted by Crippen LogP contribution is 2.45. The number of hydrogen-bond acceptors (Lipinski definition) is 5. The number of carbonyl (C=O) groups excluding carboxylic acids is 2. The largest absolute Gasteiger partial charge is 0.452 e. The highest BCUT2D eigenvalue weighted by molar-refractivity contribution is 8.19. The molecular weight excluding hydrogens is 378 g/mol. The molecule has 0 radical (unpaired) electrons. The molecule has 1 aliphatic heterocycles. The summed E-state index contributed by atoms with van der Waals surface area (Å²) < 4.78 is 5.67. The van der Waals surface area contributed by atoms with Gasteiger partial charge in [0, 0.05) is 18.6 Å². The molecule has 3 rings (SSSR count). The van der Waals surface area contributed by atoms with E-state index in [9.17, 15) is 9.59 Å². The van der Waals surface area contributed by atoms with Gasteiger partial charge in [-0.3, -0.25) is 4.79 Å². The number of thioether (sulfide) groups is 2. The van der Waals surface area contributed by atoms with Crippen LogP contribution in [0.3, 0.4) is 0 Å². The van der Waals surface area contributed by atoms with Gasteiger partial charge in [-0.15, -0.1) is 23.5 Å². The summed E-state index contributed by atoms with van der Waals surface area (Å²) in [4.78, 5) is 26.2. The molecule has 0 N–H and O–H groups in total. The molecule has 0 aromatic heterocycles. The maximum Gasteiger partial charge on any atom is 0.338 e. The third-order valence-electron chi connectivity index (χ3n) is 4.62. The summed E-state index contributed by atoms with van der Waals surface area (Å²) in [6, 6.07) is 17.2. The van der Waals surface area contributed by atoms with Gasteiger partial charge in [-0.2, -0.15) is 0 Å². The SMILES string of the molecule is CC(c1ccccc1)N(C)C(=O)COC(=O)c1ccc(C2SCCS2)cc1. The standard InChI is InChI=1S/C21H23NO3S2/c1-15(16-6-4-3-5-7-16)22(2)19(23)14-25-20(24)17-8-10-18(11-9-17)21-26-12-13-27-21/h3-11,15,21H,12-14H2,1-2H3. The van der Waals surface area contributed by atoms with Crippen molar-refractivity contribution in [2.75, 3.05) is 25.2 Å². The second kappa shape index (κ2) is 9.33. The predicted octanol–water partition coefficient (Wildman–Crippen LogP) is 4.54. The molecule has 142 valence electrons. The second-order valence-corrected chi connectivity index (χ2v) is 9.09. The molecule has 4 nitrogen and oxygen atoms in total. The average Bonchev–Trinajstić information content (AvgIpc) is 3.26. The fraction of sp³-hybridized carbons (Fsp3) is 0.333. The van der Waals surface area contributed by atoms with Crippen molar-refractivity contribution in [3.63, 3.8) is 0 Å². The fourth-order valence-electron chi connectivity index (χ4n) is 2.81. The number of hydrogen-bond donors (Lipinski definition) is 0. The molecule has 1 unspecified atom stereocenters. The molecule has 2 aromatic rings. The summed E-state index contributed by atoms with van der Waals surface area (Å²) in [5.74, 6) is 1.63. The molecular formula is C21H23NO3S2. The van der Waals surface area contributed by atoms with Crippen LogP contribution in [0, 0.1) is 0 Å². The van der Waals surface area contributed by atoms with Gasteiger partial charge in [0.15, 0.2) is 6.61 Å². The molecule has 0 aliphatic carbocycles. The monoisotopic (exact) mass is 401 g/mol. The number of esters is 1. The van der Waals surface area contributed by atoms with Gasteiger partial charge in [-0.05, 0) is 30.2 Å². The van der Waals surface area contributed by atoms with Crippen molar-refractivity contribution >= 4 is 35.4 Å². The molecule has 1 saturated heterocycles. The van der Waals surface area contributed by atoms with Crippen molar-refractivity contribution in [3.8, 4) is 0 Å². The summed E-state index contributed by atoms with van der Waals surface area (Å²) in [6.07, 6.45) is 0. The molecule has 6 heteroatoms. The van der Waals surface area contributed by atoms with E-state index >= 15 is 0 Å². The van der Waals surface area contributed by atoms with Crippen LogP contribution in [0.25, 0.3) is 0 Å². The van der Waals surface area contributed by atoms with Crippen molar-refractivity contribution in [3.05, 3.63) is 71.3 Å². The lowest BCUT2D eigenvalue weighted by molar-refractivity contribution is -0.135. The Morgan fingerprint density at radius 1 is 1.07 bits per heavy atom. The molecule has 0 saturated carbocycles. The van der Waals surface area contributed by atoms with Gasteiger partial charge in [-0.25, -0.2) is 4.79 Å². The third kappa shape index (κ3) is 5.08. The van der Waals surface area contributed by atoms with E-state index in [4.69, 9.17) is 4.74 Å². The van der Waals surface area contributed by atoms with E-state index < -0.39 is 5.97 Å². The summed E-state index contributed by atoms with van der Waals surface area (Å²) in [5.41, 5.74) is 2.72. The van der Waals surface area contributed by atoms with Crippen LogP contribution in [-0.2, 0) is 9.53 Å². The number of benzene rings is 2. The quantitative estimate of drug-likeness (QED) is 0.665. The summed E-state index contributed by atoms with van der Waals surface area (Å²) in [6.45, 7) is 1.69. The lowest BCUT2D eigenvalue weighted by Crippen LogP contribution is -2.33. The van der Waals surface area contributed by atoms with E-state index in [-0.39, 0.29) is 18.6 Å². The maximum atomic E-state index is 12.4. The number of rotatable bonds is 6. The molecule has 1 atom stereocenters. The van der Waals surface area contributed by atoms with E-state index in [1.54, 1.807) is 24.1 Å². The number of ether oxygens (including phenoxy) is 1. The minimum absolute atomic E-state index is 0.0851. The van der Waals surface area contributed by atoms with E-state index in [1.165, 1.54) is 5.56 Å². The van der Waals surface area contributed by atoms with Crippen molar-refractivity contribution in [1.29, 1.82) is 0 Å². The van der Waals surface area contributed by atoms with Gasteiger partial charge in [0.1, 0.15) is 0 Å². The Bertz CT molecular complexity index is 774. The second-order valence-electron chi connectivity index (χ2n) is 6.36. The molecule has 1 amide bonds. The predicted molar refractivity (Wildman–Crippen MR) is 112 cm³/mol. The molecule has 1 fully saturated rings. The first-order valence-electron chi connectivity index (χ1n) is 8.87. The number of likely N-dealkylation sites (N-methyl/N-ethyl adjacent to an activating group) is 1. The number of nitrogens with zero attached hydrogens (tertiary/aromatic N) is 1. The van der Waals surface area contributed by atoms with Crippen molar-refractivity contribution < 1.29 is 14.3 Å². The van der Waals surface area contributed by atoms with Crippen LogP contribution in [0.4, 0.5) is 0 Å². The van der Waals surface area contributed by atoms with E-state index in [0.717, 1.165) is 17.1 Å². The topological polar surface area (TPSA) is 46.6 Å². The van der Waals surface area contributed by atoms with Gasteiger partial charge in [0.2, 0.25) is 0 Å². The van der Waals surface area contributed by atoms with E-state index in [1.807, 2.05) is 72.9 Å². The summed E-state index contributed by atoms with van der Waals surface area (Å²) in [7, 11) is 1.72. The Morgan fingerprint density at radius 2 is 1.70 bits per heavy atom. The first-order valence-corrected chi connectivity index (χ1v) is 11.0. The van der Waals surface area contributed by atoms with Crippen molar-refractivity contribution in [2.45, 2.75) is 17.5 Å². The van der Waals surface area contributed by atoms with Gasteiger partial charge < -0.3 is 9.64 Å². The molecule has 1 aliphatic rings. The first kappa shape index (κ1) is 19.8. The van der Waals surface area contributed by atoms with Gasteiger partial charge in [0.25, 0.3) is 5.91 Å². The zero-order chi connectivity index (χ0) is 19.2. The first-order chi connectivity index (χ1) is 13.1. The van der Waals surface area contributed by atoms with Crippen LogP contribution in [0.1, 0.15) is 39.0 Å². The zero-order valence-electron chi connectivity index (χ0n) is 15.5. The minimum Gasteiger partial charge on any atom is -0.452 e. The lowest BCUT2D eigenvalue weighted by Gasteiger charge is -2.25. The summed E-state index contributed by atoms with van der Waals surface area (Å²) in [5, 5.41) is 0. The average molecular weight is 402 g/mol. The van der Waals surface area contributed by atoms with Crippen LogP contribution in [0.2, 0.25) is 0 Å². The van der Waals surface area contributed by atoms with Crippen molar-refractivity contribution in [2.24, 2.45) is 0 Å². The highest BCUT2D eigenvalue weighted by atomic mass is 32.2. The van der Waals surface area contributed by atoms with Crippen LogP contribution in [0.15, 0.2) is 54.6 Å². The Labute approximate surface area is 168 Å². The third-order valence-corrected chi connectivity index (χ3v) is 7.73. The van der Waals surface area contributed by atoms with Gasteiger partial charge >= 0.3 is 5.97 Å². The maximum absolute atomic E-state index is 12.4. The smallest absolute Gasteiger partial charge is 0.338 e. The van der Waals surface area contributed by atoms with Crippen LogP contribution < -0.4 is 0 Å². The molecule has 0 bridgehead atoms. The number of carbonyl (C=O) groups is 2. The number of amides is 1. The molecule has 0 spiro atoms. The normalized spacial score (nSPS) is 15.3. The Balaban J connectivity index is 1.52. The van der Waals surface area contributed by atoms with E-state index in [0.29, 0.717) is 10.1 Å². The molecule has 27 heavy (non-hydrogen) atoms. The molecule has 1 heterocycles. The van der Waals surface area contributed by atoms with E-state index in [2.05, 4.69) is 0 Å². The molecule has 2 aromatic carbocycles. The zero-order valence-corrected chi connectivity index (χ0v) is 17.1. The van der Waals surface area contributed by atoms with Crippen molar-refractivity contribution in [1.82, 2.24) is 4.90 Å². The van der Waals surface area contributed by atoms with Gasteiger partial charge in [-0.1, -0.05) is 42.5 Å². The fourth-order valence-corrected chi connectivity index (χ4v) is 5.67. The van der Waals surface area contributed by atoms with Gasteiger partial charge in [0.05, 0.1) is 16.2 Å². The Kier molecular flexibility index (Phi) is 6.85. The Hall–Kier alpha value is -1.92. The van der Waals surface area contributed by atoms with Crippen LogP contribution in [-0.4, -0.2) is 41.9 Å². The highest BCUT2D eigenvalue weighted by Gasteiger charge is 2.20. The lowest BCUT2D eigenvalue weighted by atomic mass is 10.1. The van der Waals surface area contributed by atoms with Crippen LogP contribution in [0.5, 0.6) is 0 Å². The van der Waals surface area contributed by atoms with Crippen LogP contribution >= 0.6 is 23.5 Å². The minimum atomic E-state index is -0.470. The summed E-state index contributed by atoms with van der Waals surface area (Å²) >= 11 is 3.85.